The van der Waals surface area contributed by atoms with Crippen LogP contribution in [0.25, 0.3) is 0 Å². The van der Waals surface area contributed by atoms with Crippen molar-refractivity contribution in [1.82, 2.24) is 5.32 Å². The van der Waals surface area contributed by atoms with Crippen LogP contribution in [0, 0.1) is 17.5 Å². The number of hydrogen-bond acceptors (Lipinski definition) is 2. The molecule has 20 heavy (non-hydrogen) atoms. The molecule has 0 radical (unpaired) electrons. The topological polar surface area (TPSA) is 21.3 Å². The van der Waals surface area contributed by atoms with Crippen molar-refractivity contribution in [3.05, 3.63) is 59.4 Å². The normalized spacial score (nSPS) is 10.6. The third-order valence-electron chi connectivity index (χ3n) is 2.74. The van der Waals surface area contributed by atoms with E-state index in [0.717, 1.165) is 12.1 Å². The largest absolute Gasteiger partial charge is 0.454 e. The van der Waals surface area contributed by atoms with Gasteiger partial charge in [0.05, 0.1) is 0 Å². The summed E-state index contributed by atoms with van der Waals surface area (Å²) in [6.45, 7) is 2.82. The minimum Gasteiger partial charge on any atom is -0.454 e. The van der Waals surface area contributed by atoms with Gasteiger partial charge in [-0.25, -0.2) is 13.2 Å². The van der Waals surface area contributed by atoms with Crippen LogP contribution in [-0.4, -0.2) is 6.54 Å². The predicted molar refractivity (Wildman–Crippen MR) is 70.2 cm³/mol. The molecular formula is C15H14F3NO. The summed E-state index contributed by atoms with van der Waals surface area (Å²) in [5.74, 6) is -1.90. The first kappa shape index (κ1) is 14.4. The van der Waals surface area contributed by atoms with E-state index in [4.69, 9.17) is 4.74 Å². The number of nitrogens with one attached hydrogen (secondary N) is 1. The molecule has 5 heteroatoms. The zero-order valence-electron chi connectivity index (χ0n) is 10.9. The van der Waals surface area contributed by atoms with Crippen molar-refractivity contribution in [2.75, 3.05) is 6.54 Å². The minimum absolute atomic E-state index is 0.144. The lowest BCUT2D eigenvalue weighted by atomic mass is 10.2. The van der Waals surface area contributed by atoms with Crippen LogP contribution in [-0.2, 0) is 6.54 Å². The molecule has 0 heterocycles. The molecule has 0 saturated carbocycles. The molecule has 2 rings (SSSR count). The zero-order valence-corrected chi connectivity index (χ0v) is 10.9. The predicted octanol–water partition coefficient (Wildman–Crippen LogP) is 4.01. The van der Waals surface area contributed by atoms with Crippen LogP contribution in [0.15, 0.2) is 36.4 Å². The summed E-state index contributed by atoms with van der Waals surface area (Å²) in [5, 5.41) is 2.98. The Bertz CT molecular complexity index is 602. The van der Waals surface area contributed by atoms with Crippen LogP contribution in [0.2, 0.25) is 0 Å². The van der Waals surface area contributed by atoms with Crippen LogP contribution in [0.3, 0.4) is 0 Å². The zero-order chi connectivity index (χ0) is 14.5. The summed E-state index contributed by atoms with van der Waals surface area (Å²) in [7, 11) is 0. The molecule has 106 valence electrons. The molecule has 0 aromatic heterocycles. The van der Waals surface area contributed by atoms with E-state index in [1.54, 1.807) is 6.07 Å². The SMILES string of the molecule is CCNCc1c(F)cccc1Oc1ccc(F)cc1F. The summed E-state index contributed by atoms with van der Waals surface area (Å²) >= 11 is 0. The van der Waals surface area contributed by atoms with E-state index < -0.39 is 17.5 Å². The molecule has 0 amide bonds. The molecule has 0 saturated heterocycles. The van der Waals surface area contributed by atoms with Crippen molar-refractivity contribution in [1.29, 1.82) is 0 Å². The maximum atomic E-state index is 13.8. The summed E-state index contributed by atoms with van der Waals surface area (Å²) in [5.41, 5.74) is 0.304. The van der Waals surface area contributed by atoms with Gasteiger partial charge in [0.1, 0.15) is 17.4 Å². The Morgan fingerprint density at radius 3 is 2.50 bits per heavy atom. The highest BCUT2D eigenvalue weighted by Crippen LogP contribution is 2.29. The highest BCUT2D eigenvalue weighted by atomic mass is 19.1. The van der Waals surface area contributed by atoms with Gasteiger partial charge in [0.2, 0.25) is 0 Å². The first-order chi connectivity index (χ1) is 9.61. The van der Waals surface area contributed by atoms with Gasteiger partial charge in [-0.05, 0) is 30.8 Å². The smallest absolute Gasteiger partial charge is 0.168 e. The van der Waals surface area contributed by atoms with E-state index in [0.29, 0.717) is 12.1 Å². The fourth-order valence-electron chi connectivity index (χ4n) is 1.73. The molecule has 0 aliphatic carbocycles. The van der Waals surface area contributed by atoms with Crippen LogP contribution < -0.4 is 10.1 Å². The van der Waals surface area contributed by atoms with Crippen molar-refractivity contribution in [2.45, 2.75) is 13.5 Å². The summed E-state index contributed by atoms with van der Waals surface area (Å²) in [6, 6.07) is 7.30. The second kappa shape index (κ2) is 6.43. The number of benzene rings is 2. The Balaban J connectivity index is 2.30. The van der Waals surface area contributed by atoms with E-state index in [9.17, 15) is 13.2 Å². The van der Waals surface area contributed by atoms with Gasteiger partial charge in [-0.1, -0.05) is 13.0 Å². The molecule has 2 aromatic carbocycles. The fraction of sp³-hybridized carbons (Fsp3) is 0.200. The van der Waals surface area contributed by atoms with Gasteiger partial charge in [0.15, 0.2) is 11.6 Å². The van der Waals surface area contributed by atoms with Crippen LogP contribution >= 0.6 is 0 Å². The highest BCUT2D eigenvalue weighted by molar-refractivity contribution is 5.39. The second-order valence-electron chi connectivity index (χ2n) is 4.17. The molecule has 0 bridgehead atoms. The Kier molecular flexibility index (Phi) is 4.63. The molecule has 0 aliphatic rings. The van der Waals surface area contributed by atoms with Gasteiger partial charge < -0.3 is 10.1 Å². The molecule has 2 aromatic rings. The van der Waals surface area contributed by atoms with Crippen LogP contribution in [0.1, 0.15) is 12.5 Å². The van der Waals surface area contributed by atoms with Crippen LogP contribution in [0.5, 0.6) is 11.5 Å². The first-order valence-corrected chi connectivity index (χ1v) is 6.23. The Morgan fingerprint density at radius 2 is 1.80 bits per heavy atom. The summed E-state index contributed by atoms with van der Waals surface area (Å²) < 4.78 is 45.5. The Labute approximate surface area is 115 Å². The van der Waals surface area contributed by atoms with Crippen molar-refractivity contribution >= 4 is 0 Å². The van der Waals surface area contributed by atoms with E-state index >= 15 is 0 Å². The monoisotopic (exact) mass is 281 g/mol. The van der Waals surface area contributed by atoms with Gasteiger partial charge in [0, 0.05) is 18.2 Å². The lowest BCUT2D eigenvalue weighted by Crippen LogP contribution is -2.13. The number of hydrogen-bond donors (Lipinski definition) is 1. The summed E-state index contributed by atoms with van der Waals surface area (Å²) in [4.78, 5) is 0. The quantitative estimate of drug-likeness (QED) is 0.894. The Morgan fingerprint density at radius 1 is 1.00 bits per heavy atom. The van der Waals surface area contributed by atoms with Crippen molar-refractivity contribution < 1.29 is 17.9 Å². The van der Waals surface area contributed by atoms with Crippen molar-refractivity contribution in [3.8, 4) is 11.5 Å². The van der Waals surface area contributed by atoms with Crippen molar-refractivity contribution in [2.24, 2.45) is 0 Å². The molecule has 2 nitrogen and oxygen atoms in total. The van der Waals surface area contributed by atoms with Gasteiger partial charge in [-0.3, -0.25) is 0 Å². The van der Waals surface area contributed by atoms with Gasteiger partial charge >= 0.3 is 0 Å². The standard InChI is InChI=1S/C15H14F3NO/c1-2-19-9-11-12(17)4-3-5-14(11)20-15-7-6-10(16)8-13(15)18/h3-8,19H,2,9H2,1H3. The highest BCUT2D eigenvalue weighted by Gasteiger charge is 2.12. The van der Waals surface area contributed by atoms with Crippen LogP contribution in [0.4, 0.5) is 13.2 Å². The van der Waals surface area contributed by atoms with E-state index in [1.807, 2.05) is 6.92 Å². The third-order valence-corrected chi connectivity index (χ3v) is 2.74. The number of halogens is 3. The van der Waals surface area contributed by atoms with Crippen molar-refractivity contribution in [3.63, 3.8) is 0 Å². The molecular weight excluding hydrogens is 267 g/mol. The van der Waals surface area contributed by atoms with E-state index in [2.05, 4.69) is 5.32 Å². The molecule has 0 fully saturated rings. The lowest BCUT2D eigenvalue weighted by Gasteiger charge is -2.12. The van der Waals surface area contributed by atoms with E-state index in [-0.39, 0.29) is 18.0 Å². The first-order valence-electron chi connectivity index (χ1n) is 6.23. The molecule has 0 aliphatic heterocycles. The molecule has 0 atom stereocenters. The average Bonchev–Trinajstić information content (AvgIpc) is 2.41. The molecule has 0 spiro atoms. The maximum absolute atomic E-state index is 13.8. The minimum atomic E-state index is -0.830. The Hall–Kier alpha value is -2.01. The number of ether oxygens (including phenoxy) is 1. The van der Waals surface area contributed by atoms with Gasteiger partial charge in [-0.2, -0.15) is 0 Å². The second-order valence-corrected chi connectivity index (χ2v) is 4.17. The summed E-state index contributed by atoms with van der Waals surface area (Å²) in [6.07, 6.45) is 0. The fourth-order valence-corrected chi connectivity index (χ4v) is 1.73. The lowest BCUT2D eigenvalue weighted by molar-refractivity contribution is 0.426. The average molecular weight is 281 g/mol. The van der Waals surface area contributed by atoms with E-state index in [1.165, 1.54) is 18.2 Å². The number of rotatable bonds is 5. The van der Waals surface area contributed by atoms with Gasteiger partial charge in [-0.15, -0.1) is 0 Å². The van der Waals surface area contributed by atoms with Gasteiger partial charge in [0.25, 0.3) is 0 Å². The maximum Gasteiger partial charge on any atom is 0.168 e. The molecule has 1 N–H and O–H groups in total. The molecule has 0 unspecified atom stereocenters. The third kappa shape index (κ3) is 3.30.